The Bertz CT molecular complexity index is 1070. The number of hydrogen-bond acceptors (Lipinski definition) is 6. The van der Waals surface area contributed by atoms with Gasteiger partial charge in [-0.1, -0.05) is 12.1 Å². The summed E-state index contributed by atoms with van der Waals surface area (Å²) in [5.74, 6) is -0.811. The molecule has 2 aromatic carbocycles. The Morgan fingerprint density at radius 2 is 1.93 bits per heavy atom. The van der Waals surface area contributed by atoms with E-state index in [1.165, 1.54) is 24.3 Å². The van der Waals surface area contributed by atoms with Crippen LogP contribution in [-0.2, 0) is 14.8 Å². The van der Waals surface area contributed by atoms with E-state index < -0.39 is 16.0 Å². The van der Waals surface area contributed by atoms with Gasteiger partial charge in [0, 0.05) is 0 Å². The molecular formula is C17H17N4O5S+. The maximum Gasteiger partial charge on any atom is 0.365 e. The molecule has 0 spiro atoms. The molecule has 1 aromatic heterocycles. The topological polar surface area (TPSA) is 138 Å². The van der Waals surface area contributed by atoms with Crippen LogP contribution < -0.4 is 15.4 Å². The zero-order valence-corrected chi connectivity index (χ0v) is 15.1. The summed E-state index contributed by atoms with van der Waals surface area (Å²) in [7, 11) is -3.96. The zero-order chi connectivity index (χ0) is 19.4. The first-order valence-electron chi connectivity index (χ1n) is 7.94. The van der Waals surface area contributed by atoms with E-state index in [2.05, 4.69) is 14.7 Å². The van der Waals surface area contributed by atoms with E-state index in [1.54, 1.807) is 31.2 Å². The lowest BCUT2D eigenvalue weighted by Gasteiger charge is -2.03. The summed E-state index contributed by atoms with van der Waals surface area (Å²) in [5.41, 5.74) is 7.09. The molecule has 140 valence electrons. The van der Waals surface area contributed by atoms with Crippen LogP contribution in [0.5, 0.6) is 0 Å². The normalized spacial score (nSPS) is 12.1. The van der Waals surface area contributed by atoms with Gasteiger partial charge >= 0.3 is 28.0 Å². The van der Waals surface area contributed by atoms with Gasteiger partial charge in [0.15, 0.2) is 5.58 Å². The molecule has 0 fully saturated rings. The van der Waals surface area contributed by atoms with Crippen molar-refractivity contribution in [2.45, 2.75) is 11.8 Å². The molecule has 0 aliphatic heterocycles. The first-order valence-corrected chi connectivity index (χ1v) is 9.42. The standard InChI is InChI=1S/C17H16N4O5S/c1-2-25-15(22)11-7-9-12(10-8-11)27(23,24)21-16(18)20-17-19-13-5-3-4-6-14(13)26-17/h3-10H,2H2,1H3,(H3,18,19,20,21)/p+1. The van der Waals surface area contributed by atoms with E-state index in [-0.39, 0.29) is 29.0 Å². The highest BCUT2D eigenvalue weighted by atomic mass is 32.2. The third-order valence-electron chi connectivity index (χ3n) is 3.46. The number of esters is 1. The third kappa shape index (κ3) is 4.23. The number of fused-ring (bicyclic) bond motifs is 1. The number of para-hydroxylation sites is 2. The molecule has 4 N–H and O–H groups in total. The van der Waals surface area contributed by atoms with Crippen LogP contribution in [0.4, 0.5) is 6.01 Å². The Hall–Kier alpha value is -3.40. The highest BCUT2D eigenvalue weighted by molar-refractivity contribution is 7.84. The van der Waals surface area contributed by atoms with Crippen molar-refractivity contribution in [2.75, 3.05) is 11.9 Å². The van der Waals surface area contributed by atoms with Crippen molar-refractivity contribution in [3.05, 3.63) is 54.1 Å². The van der Waals surface area contributed by atoms with Gasteiger partial charge in [-0.3, -0.25) is 5.73 Å². The second-order valence-corrected chi connectivity index (χ2v) is 7.06. The van der Waals surface area contributed by atoms with Gasteiger partial charge in [-0.05, 0) is 43.3 Å². The highest BCUT2D eigenvalue weighted by Gasteiger charge is 2.18. The molecule has 0 unspecified atom stereocenters. The fourth-order valence-electron chi connectivity index (χ4n) is 2.25. The Morgan fingerprint density at radius 3 is 2.59 bits per heavy atom. The van der Waals surface area contributed by atoms with Crippen LogP contribution in [0.3, 0.4) is 0 Å². The lowest BCUT2D eigenvalue weighted by atomic mass is 10.2. The number of nitrogens with one attached hydrogen (secondary N) is 2. The van der Waals surface area contributed by atoms with Crippen molar-refractivity contribution in [2.24, 2.45) is 5.73 Å². The molecule has 3 aromatic rings. The van der Waals surface area contributed by atoms with Gasteiger partial charge in [0.2, 0.25) is 0 Å². The van der Waals surface area contributed by atoms with Crippen molar-refractivity contribution in [1.29, 1.82) is 0 Å². The minimum Gasteiger partial charge on any atom is -0.462 e. The predicted octanol–water partition coefficient (Wildman–Crippen LogP) is 0.201. The molecule has 1 heterocycles. The molecule has 0 radical (unpaired) electrons. The van der Waals surface area contributed by atoms with Crippen LogP contribution in [0.15, 0.2) is 57.8 Å². The highest BCUT2D eigenvalue weighted by Crippen LogP contribution is 2.17. The van der Waals surface area contributed by atoms with Crippen LogP contribution in [0.1, 0.15) is 17.3 Å². The molecular weight excluding hydrogens is 372 g/mol. The summed E-state index contributed by atoms with van der Waals surface area (Å²) in [6.45, 7) is 1.91. The van der Waals surface area contributed by atoms with E-state index in [0.29, 0.717) is 11.1 Å². The minimum absolute atomic E-state index is 0.0501. The summed E-state index contributed by atoms with van der Waals surface area (Å²) in [5, 5.41) is 2.56. The average Bonchev–Trinajstić information content (AvgIpc) is 3.03. The van der Waals surface area contributed by atoms with Crippen LogP contribution >= 0.6 is 0 Å². The number of carbonyl (C=O) groups excluding carboxylic acids is 1. The number of sulfonamides is 1. The molecule has 0 saturated heterocycles. The van der Waals surface area contributed by atoms with Gasteiger partial charge in [0.25, 0.3) is 0 Å². The first kappa shape index (κ1) is 18.4. The van der Waals surface area contributed by atoms with E-state index in [0.717, 1.165) is 0 Å². The average molecular weight is 389 g/mol. The fraction of sp³-hybridized carbons (Fsp3) is 0.118. The van der Waals surface area contributed by atoms with Crippen LogP contribution in [0, 0.1) is 0 Å². The lowest BCUT2D eigenvalue weighted by molar-refractivity contribution is -0.268. The number of aromatic nitrogens is 1. The number of anilines is 1. The smallest absolute Gasteiger partial charge is 0.365 e. The molecule has 3 rings (SSSR count). The summed E-state index contributed by atoms with van der Waals surface area (Å²) >= 11 is 0. The molecule has 0 bridgehead atoms. The van der Waals surface area contributed by atoms with Gasteiger partial charge in [-0.25, -0.2) is 4.79 Å². The quantitative estimate of drug-likeness (QED) is 0.320. The number of ether oxygens (including phenoxy) is 1. The predicted molar refractivity (Wildman–Crippen MR) is 97.4 cm³/mol. The van der Waals surface area contributed by atoms with Crippen LogP contribution in [-0.4, -0.2) is 31.9 Å². The van der Waals surface area contributed by atoms with Gasteiger partial charge in [-0.15, -0.1) is 0 Å². The van der Waals surface area contributed by atoms with E-state index >= 15 is 0 Å². The Labute approximate surface area is 154 Å². The van der Waals surface area contributed by atoms with Gasteiger partial charge in [-0.2, -0.15) is 23.1 Å². The van der Waals surface area contributed by atoms with Gasteiger partial charge in [0.05, 0.1) is 12.2 Å². The lowest BCUT2D eigenvalue weighted by Crippen LogP contribution is -2.80. The summed E-state index contributed by atoms with van der Waals surface area (Å²) in [4.78, 5) is 15.7. The number of carbonyl (C=O) groups is 1. The number of hydrogen-bond donors (Lipinski definition) is 3. The van der Waals surface area contributed by atoms with Gasteiger partial charge < -0.3 is 9.15 Å². The summed E-state index contributed by atoms with van der Waals surface area (Å²) < 4.78 is 37.2. The monoisotopic (exact) mass is 389 g/mol. The van der Waals surface area contributed by atoms with Gasteiger partial charge in [0.1, 0.15) is 10.4 Å². The third-order valence-corrected chi connectivity index (χ3v) is 4.84. The number of nitrogens with two attached hydrogens (primary N) is 1. The summed E-state index contributed by atoms with van der Waals surface area (Å²) in [6, 6.07) is 12.4. The van der Waals surface area contributed by atoms with Crippen molar-refractivity contribution in [3.63, 3.8) is 0 Å². The molecule has 9 nitrogen and oxygen atoms in total. The largest absolute Gasteiger partial charge is 0.462 e. The number of oxazole rings is 1. The molecule has 0 aliphatic rings. The number of nitrogens with zero attached hydrogens (tertiary/aromatic N) is 1. The number of benzene rings is 2. The van der Waals surface area contributed by atoms with Crippen molar-refractivity contribution in [1.82, 2.24) is 4.98 Å². The van der Waals surface area contributed by atoms with E-state index in [1.807, 2.05) is 0 Å². The van der Waals surface area contributed by atoms with E-state index in [4.69, 9.17) is 14.9 Å². The minimum atomic E-state index is -3.96. The Morgan fingerprint density at radius 1 is 1.22 bits per heavy atom. The molecule has 10 heteroatoms. The van der Waals surface area contributed by atoms with Crippen molar-refractivity contribution < 1.29 is 26.8 Å². The maximum atomic E-state index is 12.4. The number of guanidine groups is 1. The molecule has 27 heavy (non-hydrogen) atoms. The summed E-state index contributed by atoms with van der Waals surface area (Å²) in [6.07, 6.45) is 0. The molecule has 0 amide bonds. The SMILES string of the molecule is CCOC(=O)c1ccc(S(=O)(=O)[NH+]=C(N)Nc2nc3ccccc3o2)cc1. The second kappa shape index (κ2) is 7.46. The van der Waals surface area contributed by atoms with Crippen LogP contribution in [0.2, 0.25) is 0 Å². The van der Waals surface area contributed by atoms with Crippen molar-refractivity contribution in [3.8, 4) is 0 Å². The van der Waals surface area contributed by atoms with Crippen molar-refractivity contribution >= 4 is 39.1 Å². The molecule has 0 aliphatic carbocycles. The maximum absolute atomic E-state index is 12.4. The zero-order valence-electron chi connectivity index (χ0n) is 14.3. The molecule has 0 saturated carbocycles. The second-order valence-electron chi connectivity index (χ2n) is 5.38. The van der Waals surface area contributed by atoms with E-state index in [9.17, 15) is 13.2 Å². The molecule has 0 atom stereocenters. The Kier molecular flexibility index (Phi) is 5.08. The first-order chi connectivity index (χ1) is 12.9. The van der Waals surface area contributed by atoms with Crippen LogP contribution in [0.25, 0.3) is 11.1 Å². The fourth-order valence-corrected chi connectivity index (χ4v) is 3.21. The number of rotatable bonds is 5. The Balaban J connectivity index is 1.78.